The predicted octanol–water partition coefficient (Wildman–Crippen LogP) is 5.40. The van der Waals surface area contributed by atoms with Gasteiger partial charge in [-0.2, -0.15) is 0 Å². The molecule has 136 valence electrons. The van der Waals surface area contributed by atoms with Crippen molar-refractivity contribution in [3.05, 3.63) is 63.2 Å². The largest absolute Gasteiger partial charge is 0.479 e. The first-order valence-electron chi connectivity index (χ1n) is 8.06. The summed E-state index contributed by atoms with van der Waals surface area (Å²) in [5.41, 5.74) is 3.36. The molecule has 0 spiro atoms. The summed E-state index contributed by atoms with van der Waals surface area (Å²) in [6.45, 7) is 1.65. The van der Waals surface area contributed by atoms with Gasteiger partial charge in [0.25, 0.3) is 0 Å². The van der Waals surface area contributed by atoms with E-state index in [1.54, 1.807) is 19.1 Å². The molecular weight excluding hydrogens is 430 g/mol. The summed E-state index contributed by atoms with van der Waals surface area (Å²) in [6.07, 6.45) is 4.03. The smallest absolute Gasteiger partial charge is 0.337 e. The number of carboxylic acids is 1. The first kappa shape index (κ1) is 19.4. The predicted molar refractivity (Wildman–Crippen MR) is 110 cm³/mol. The molecule has 0 amide bonds. The number of halogens is 2. The van der Waals surface area contributed by atoms with Crippen LogP contribution in [0.25, 0.3) is 22.0 Å². The van der Waals surface area contributed by atoms with E-state index in [1.807, 2.05) is 30.3 Å². The first-order chi connectivity index (χ1) is 12.9. The normalized spacial score (nSPS) is 11.9. The molecule has 1 atom stereocenters. The molecular formula is C21H15BrClNO3. The van der Waals surface area contributed by atoms with Crippen LogP contribution < -0.4 is 0 Å². The van der Waals surface area contributed by atoms with Gasteiger partial charge in [0.2, 0.25) is 0 Å². The van der Waals surface area contributed by atoms with Crippen LogP contribution in [0.5, 0.6) is 0 Å². The number of terminal acetylenes is 1. The Balaban J connectivity index is 2.39. The van der Waals surface area contributed by atoms with Gasteiger partial charge in [-0.3, -0.25) is 4.98 Å². The third-order valence-electron chi connectivity index (χ3n) is 4.13. The van der Waals surface area contributed by atoms with Gasteiger partial charge in [-0.25, -0.2) is 4.79 Å². The molecule has 0 bridgehead atoms. The van der Waals surface area contributed by atoms with E-state index >= 15 is 0 Å². The lowest BCUT2D eigenvalue weighted by molar-refractivity contribution is -0.149. The maximum Gasteiger partial charge on any atom is 0.337 e. The summed E-state index contributed by atoms with van der Waals surface area (Å²) in [5.74, 6) is 1.20. The number of hydrogen-bond acceptors (Lipinski definition) is 3. The van der Waals surface area contributed by atoms with Crippen LogP contribution in [0.3, 0.4) is 0 Å². The second-order valence-electron chi connectivity index (χ2n) is 5.89. The van der Waals surface area contributed by atoms with Gasteiger partial charge in [0, 0.05) is 26.1 Å². The van der Waals surface area contributed by atoms with Gasteiger partial charge in [-0.15, -0.1) is 6.42 Å². The van der Waals surface area contributed by atoms with E-state index in [2.05, 4.69) is 26.8 Å². The van der Waals surface area contributed by atoms with Crippen molar-refractivity contribution in [2.75, 3.05) is 6.61 Å². The number of fused-ring (bicyclic) bond motifs is 1. The van der Waals surface area contributed by atoms with E-state index in [0.29, 0.717) is 16.3 Å². The molecule has 0 aliphatic rings. The molecule has 3 aromatic rings. The average molecular weight is 445 g/mol. The zero-order valence-electron chi connectivity index (χ0n) is 14.4. The van der Waals surface area contributed by atoms with Crippen molar-refractivity contribution in [2.24, 2.45) is 0 Å². The molecule has 1 N–H and O–H groups in total. The minimum absolute atomic E-state index is 0.118. The number of aromatic nitrogens is 1. The third-order valence-corrected chi connectivity index (χ3v) is 4.87. The Bertz CT molecular complexity index is 1060. The highest BCUT2D eigenvalue weighted by molar-refractivity contribution is 9.10. The number of hydrogen-bond donors (Lipinski definition) is 1. The second kappa shape index (κ2) is 8.10. The van der Waals surface area contributed by atoms with Gasteiger partial charge in [0.15, 0.2) is 6.10 Å². The maximum absolute atomic E-state index is 11.9. The summed E-state index contributed by atoms with van der Waals surface area (Å²) in [5, 5.41) is 11.2. The van der Waals surface area contributed by atoms with Crippen molar-refractivity contribution >= 4 is 44.4 Å². The molecule has 0 saturated heterocycles. The highest BCUT2D eigenvalue weighted by Crippen LogP contribution is 2.39. The Labute approximate surface area is 170 Å². The van der Waals surface area contributed by atoms with Crippen LogP contribution in [0.2, 0.25) is 5.02 Å². The molecule has 4 nitrogen and oxygen atoms in total. The van der Waals surface area contributed by atoms with Crippen molar-refractivity contribution in [1.29, 1.82) is 0 Å². The summed E-state index contributed by atoms with van der Waals surface area (Å²) < 4.78 is 6.33. The summed E-state index contributed by atoms with van der Waals surface area (Å²) >= 11 is 9.51. The molecule has 0 saturated carbocycles. The zero-order valence-corrected chi connectivity index (χ0v) is 16.7. The fourth-order valence-electron chi connectivity index (χ4n) is 3.03. The number of aryl methyl sites for hydroxylation is 1. The van der Waals surface area contributed by atoms with Crippen LogP contribution in [-0.2, 0) is 9.53 Å². The Morgan fingerprint density at radius 3 is 2.67 bits per heavy atom. The highest BCUT2D eigenvalue weighted by atomic mass is 79.9. The van der Waals surface area contributed by atoms with Gasteiger partial charge in [-0.05, 0) is 48.4 Å². The van der Waals surface area contributed by atoms with Crippen molar-refractivity contribution in [3.63, 3.8) is 0 Å². The molecule has 1 aromatic heterocycles. The number of carbonyl (C=O) groups is 1. The topological polar surface area (TPSA) is 59.4 Å². The molecule has 1 heterocycles. The Morgan fingerprint density at radius 1 is 1.33 bits per heavy atom. The van der Waals surface area contributed by atoms with E-state index in [-0.39, 0.29) is 6.61 Å². The van der Waals surface area contributed by atoms with Crippen LogP contribution in [0.4, 0.5) is 0 Å². The van der Waals surface area contributed by atoms with E-state index < -0.39 is 12.1 Å². The van der Waals surface area contributed by atoms with E-state index in [0.717, 1.165) is 26.5 Å². The summed E-state index contributed by atoms with van der Waals surface area (Å²) in [4.78, 5) is 16.5. The van der Waals surface area contributed by atoms with Crippen LogP contribution >= 0.6 is 27.5 Å². The highest BCUT2D eigenvalue weighted by Gasteiger charge is 2.28. The molecule has 2 aromatic carbocycles. The van der Waals surface area contributed by atoms with Crippen LogP contribution in [0, 0.1) is 19.3 Å². The maximum atomic E-state index is 11.9. The number of ether oxygens (including phenoxy) is 1. The van der Waals surface area contributed by atoms with Crippen LogP contribution in [0.15, 0.2) is 46.9 Å². The van der Waals surface area contributed by atoms with E-state index in [9.17, 15) is 9.90 Å². The molecule has 27 heavy (non-hydrogen) atoms. The Hall–Kier alpha value is -2.39. The fraction of sp³-hybridized carbons (Fsp3) is 0.143. The lowest BCUT2D eigenvalue weighted by Crippen LogP contribution is -2.18. The minimum atomic E-state index is -1.23. The quantitative estimate of drug-likeness (QED) is 0.535. The van der Waals surface area contributed by atoms with Gasteiger partial charge in [-0.1, -0.05) is 45.6 Å². The molecule has 0 radical (unpaired) electrons. The SMILES string of the molecule is C#CCOC(C(=O)O)c1c(C)nc2ccc(Br)cc2c1-c1ccc(Cl)cc1. The number of rotatable bonds is 5. The van der Waals surface area contributed by atoms with Gasteiger partial charge >= 0.3 is 5.97 Å². The number of carboxylic acid groups (broad SMARTS) is 1. The second-order valence-corrected chi connectivity index (χ2v) is 7.24. The van der Waals surface area contributed by atoms with Crippen molar-refractivity contribution < 1.29 is 14.6 Å². The first-order valence-corrected chi connectivity index (χ1v) is 9.23. The molecule has 0 aliphatic carbocycles. The van der Waals surface area contributed by atoms with Gasteiger partial charge < -0.3 is 9.84 Å². The molecule has 0 fully saturated rings. The third kappa shape index (κ3) is 3.98. The van der Waals surface area contributed by atoms with E-state index in [1.165, 1.54) is 0 Å². The monoisotopic (exact) mass is 443 g/mol. The number of nitrogens with zero attached hydrogens (tertiary/aromatic N) is 1. The molecule has 0 aliphatic heterocycles. The van der Waals surface area contributed by atoms with Crippen LogP contribution in [-0.4, -0.2) is 22.7 Å². The zero-order chi connectivity index (χ0) is 19.6. The summed E-state index contributed by atoms with van der Waals surface area (Å²) in [7, 11) is 0. The molecule has 6 heteroatoms. The lowest BCUT2D eigenvalue weighted by atomic mass is 9.91. The van der Waals surface area contributed by atoms with Crippen molar-refractivity contribution in [3.8, 4) is 23.5 Å². The van der Waals surface area contributed by atoms with Gasteiger partial charge in [0.05, 0.1) is 5.52 Å². The summed E-state index contributed by atoms with van der Waals surface area (Å²) in [6, 6.07) is 12.9. The number of pyridine rings is 1. The Kier molecular flexibility index (Phi) is 5.81. The number of benzene rings is 2. The number of aliphatic carboxylic acids is 1. The fourth-order valence-corrected chi connectivity index (χ4v) is 3.52. The van der Waals surface area contributed by atoms with E-state index in [4.69, 9.17) is 22.8 Å². The molecule has 1 unspecified atom stereocenters. The van der Waals surface area contributed by atoms with Crippen molar-refractivity contribution in [2.45, 2.75) is 13.0 Å². The standard InChI is InChI=1S/C21H15BrClNO3/c1-3-10-27-20(21(25)26)18-12(2)24-17-9-6-14(22)11-16(17)19(18)13-4-7-15(23)8-5-13/h1,4-9,11,20H,10H2,2H3,(H,25,26). The Morgan fingerprint density at radius 2 is 2.04 bits per heavy atom. The van der Waals surface area contributed by atoms with Crippen LogP contribution in [0.1, 0.15) is 17.4 Å². The van der Waals surface area contributed by atoms with Gasteiger partial charge in [0.1, 0.15) is 6.61 Å². The molecule has 3 rings (SSSR count). The van der Waals surface area contributed by atoms with Crippen molar-refractivity contribution in [1.82, 2.24) is 4.98 Å². The lowest BCUT2D eigenvalue weighted by Gasteiger charge is -2.21. The minimum Gasteiger partial charge on any atom is -0.479 e. The average Bonchev–Trinajstić information content (AvgIpc) is 2.63.